The summed E-state index contributed by atoms with van der Waals surface area (Å²) < 4.78 is 0. The van der Waals surface area contributed by atoms with Crippen LogP contribution in [-0.4, -0.2) is 72.9 Å². The summed E-state index contributed by atoms with van der Waals surface area (Å²) in [6.45, 7) is 13.0. The fraction of sp³-hybridized carbons (Fsp3) is 0.500. The number of unbranched alkanes of at least 4 members (excludes halogenated alkanes) is 5. The lowest BCUT2D eigenvalue weighted by Gasteiger charge is -2.20. The molecule has 0 saturated heterocycles. The third-order valence-corrected chi connectivity index (χ3v) is 7.34. The van der Waals surface area contributed by atoms with E-state index in [4.69, 9.17) is 44.7 Å². The van der Waals surface area contributed by atoms with Gasteiger partial charge in [-0.15, -0.1) is 0 Å². The molecule has 0 aromatic heterocycles. The lowest BCUT2D eigenvalue weighted by atomic mass is 10.1. The van der Waals surface area contributed by atoms with Gasteiger partial charge in [-0.2, -0.15) is 9.98 Å². The molecule has 0 spiro atoms. The van der Waals surface area contributed by atoms with Gasteiger partial charge in [-0.3, -0.25) is 9.98 Å². The Morgan fingerprint density at radius 3 is 1.20 bits per heavy atom. The van der Waals surface area contributed by atoms with Crippen molar-refractivity contribution in [3.05, 3.63) is 58.6 Å². The Balaban J connectivity index is 1.79. The Hall–Kier alpha value is -3.50. The predicted octanol–water partition coefficient (Wildman–Crippen LogP) is 6.88. The zero-order chi connectivity index (χ0) is 32.2. The van der Waals surface area contributed by atoms with Crippen LogP contribution in [0.5, 0.6) is 0 Å². The van der Waals surface area contributed by atoms with Gasteiger partial charge in [-0.25, -0.2) is 0 Å². The smallest absolute Gasteiger partial charge is 0.223 e. The highest BCUT2D eigenvalue weighted by atomic mass is 35.5. The molecule has 2 aromatic carbocycles. The molecule has 0 bridgehead atoms. The second-order valence-corrected chi connectivity index (χ2v) is 11.0. The first-order valence-electron chi connectivity index (χ1n) is 15.6. The Morgan fingerprint density at radius 1 is 0.568 bits per heavy atom. The molecule has 0 unspecified atom stereocenters. The number of guanidine groups is 4. The van der Waals surface area contributed by atoms with Crippen LogP contribution in [0.15, 0.2) is 68.5 Å². The Labute approximate surface area is 273 Å². The van der Waals surface area contributed by atoms with Crippen LogP contribution in [-0.2, 0) is 0 Å². The minimum atomic E-state index is 0.302. The summed E-state index contributed by atoms with van der Waals surface area (Å²) in [5.74, 6) is 1.91. The lowest BCUT2D eigenvalue weighted by Crippen LogP contribution is -2.33. The monoisotopic (exact) mass is 644 g/mol. The number of rotatable bonds is 15. The normalized spacial score (nSPS) is 12.8. The van der Waals surface area contributed by atoms with E-state index in [1.165, 1.54) is 0 Å². The average molecular weight is 646 g/mol. The second-order valence-electron chi connectivity index (χ2n) is 10.1. The fourth-order valence-corrected chi connectivity index (χ4v) is 4.60. The molecule has 0 aliphatic rings. The van der Waals surface area contributed by atoms with Crippen molar-refractivity contribution in [2.45, 2.75) is 66.2 Å². The van der Waals surface area contributed by atoms with Gasteiger partial charge < -0.3 is 31.9 Å². The Kier molecular flexibility index (Phi) is 17.7. The predicted molar refractivity (Wildman–Crippen MR) is 192 cm³/mol. The van der Waals surface area contributed by atoms with Crippen molar-refractivity contribution in [3.63, 3.8) is 0 Å². The Morgan fingerprint density at radius 2 is 0.886 bits per heavy atom. The van der Waals surface area contributed by atoms with Crippen molar-refractivity contribution in [1.82, 2.24) is 9.80 Å². The first-order chi connectivity index (χ1) is 21.3. The van der Waals surface area contributed by atoms with Gasteiger partial charge in [0.25, 0.3) is 0 Å². The molecule has 0 radical (unpaired) electrons. The van der Waals surface area contributed by atoms with E-state index < -0.39 is 0 Å². The highest BCUT2D eigenvalue weighted by Crippen LogP contribution is 2.14. The molecule has 10 nitrogen and oxygen atoms in total. The molecule has 242 valence electrons. The summed E-state index contributed by atoms with van der Waals surface area (Å²) in [7, 11) is 0. The quantitative estimate of drug-likeness (QED) is 0.0949. The molecule has 0 fully saturated rings. The number of benzene rings is 2. The van der Waals surface area contributed by atoms with Crippen molar-refractivity contribution in [2.75, 3.05) is 49.9 Å². The lowest BCUT2D eigenvalue weighted by molar-refractivity contribution is 0.457. The SMILES string of the molecule is CCN(CC)C(=NCCCCCCCCN=C(/N=C(/N)Nc1ccc(Cl)cc1)N(CC)CC)/N=C(/N)Nc1ccc(Cl)cc1. The number of nitrogens with two attached hydrogens (primary N) is 2. The standard InChI is InChI=1S/C32H50Cl2N10/c1-5-43(6-2)31(41-29(35)39-27-19-15-25(33)16-20-27)37-23-13-11-9-10-12-14-24-38-32(44(7-3)8-4)42-30(36)40-28-21-17-26(34)18-22-28/h15-22H,5-14,23-24H2,1-4H3,(H3,35,37,39,41)(H3,36,38,40,42). The summed E-state index contributed by atoms with van der Waals surface area (Å²) >= 11 is 11.9. The van der Waals surface area contributed by atoms with Gasteiger partial charge in [0, 0.05) is 60.7 Å². The maximum absolute atomic E-state index is 6.18. The van der Waals surface area contributed by atoms with E-state index in [0.717, 1.165) is 76.1 Å². The van der Waals surface area contributed by atoms with Crippen LogP contribution >= 0.6 is 23.2 Å². The molecule has 0 amide bonds. The van der Waals surface area contributed by atoms with E-state index in [1.807, 2.05) is 48.5 Å². The zero-order valence-electron chi connectivity index (χ0n) is 26.7. The van der Waals surface area contributed by atoms with Crippen molar-refractivity contribution in [1.29, 1.82) is 0 Å². The van der Waals surface area contributed by atoms with Gasteiger partial charge in [0.1, 0.15) is 0 Å². The highest BCUT2D eigenvalue weighted by molar-refractivity contribution is 6.31. The molecule has 2 rings (SSSR count). The molecule has 0 aliphatic heterocycles. The summed E-state index contributed by atoms with van der Waals surface area (Å²) in [6, 6.07) is 14.7. The van der Waals surface area contributed by atoms with Gasteiger partial charge >= 0.3 is 0 Å². The van der Waals surface area contributed by atoms with E-state index in [1.54, 1.807) is 0 Å². The molecule has 0 heterocycles. The molecule has 0 saturated carbocycles. The molecule has 0 aliphatic carbocycles. The maximum atomic E-state index is 6.18. The van der Waals surface area contributed by atoms with Gasteiger partial charge in [-0.05, 0) is 89.1 Å². The summed E-state index contributed by atoms with van der Waals surface area (Å²) in [5, 5.41) is 7.56. The van der Waals surface area contributed by atoms with Crippen molar-refractivity contribution < 1.29 is 0 Å². The zero-order valence-corrected chi connectivity index (χ0v) is 28.2. The fourth-order valence-electron chi connectivity index (χ4n) is 4.35. The topological polar surface area (TPSA) is 132 Å². The van der Waals surface area contributed by atoms with Crippen LogP contribution in [0.2, 0.25) is 10.0 Å². The van der Waals surface area contributed by atoms with Gasteiger partial charge in [0.05, 0.1) is 0 Å². The van der Waals surface area contributed by atoms with E-state index in [0.29, 0.717) is 47.0 Å². The average Bonchev–Trinajstić information content (AvgIpc) is 3.01. The summed E-state index contributed by atoms with van der Waals surface area (Å²) in [4.78, 5) is 22.9. The van der Waals surface area contributed by atoms with Crippen LogP contribution in [0, 0.1) is 0 Å². The van der Waals surface area contributed by atoms with Crippen molar-refractivity contribution >= 4 is 58.4 Å². The number of nitrogens with one attached hydrogen (secondary N) is 2. The second kappa shape index (κ2) is 21.2. The molecule has 0 atom stereocenters. The molecular formula is C32H50Cl2N10. The van der Waals surface area contributed by atoms with E-state index in [-0.39, 0.29) is 0 Å². The third-order valence-electron chi connectivity index (χ3n) is 6.84. The van der Waals surface area contributed by atoms with E-state index in [2.05, 4.69) is 58.1 Å². The number of hydrogen-bond donors (Lipinski definition) is 4. The minimum absolute atomic E-state index is 0.302. The van der Waals surface area contributed by atoms with Crippen molar-refractivity contribution in [3.8, 4) is 0 Å². The Bertz CT molecular complexity index is 1110. The number of halogens is 2. The van der Waals surface area contributed by atoms with Crippen LogP contribution in [0.25, 0.3) is 0 Å². The highest BCUT2D eigenvalue weighted by Gasteiger charge is 2.09. The van der Waals surface area contributed by atoms with Gasteiger partial charge in [0.2, 0.25) is 23.8 Å². The number of aliphatic imine (C=N–C) groups is 4. The van der Waals surface area contributed by atoms with Crippen LogP contribution in [0.3, 0.4) is 0 Å². The molecule has 6 N–H and O–H groups in total. The largest absolute Gasteiger partial charge is 0.369 e. The third kappa shape index (κ3) is 14.3. The van der Waals surface area contributed by atoms with Crippen LogP contribution in [0.1, 0.15) is 66.2 Å². The van der Waals surface area contributed by atoms with E-state index in [9.17, 15) is 0 Å². The molecule has 44 heavy (non-hydrogen) atoms. The molecule has 2 aromatic rings. The summed E-state index contributed by atoms with van der Waals surface area (Å²) in [5.41, 5.74) is 14.0. The molecule has 12 heteroatoms. The summed E-state index contributed by atoms with van der Waals surface area (Å²) in [6.07, 6.45) is 6.54. The van der Waals surface area contributed by atoms with Gasteiger partial charge in [0.15, 0.2) is 0 Å². The van der Waals surface area contributed by atoms with Gasteiger partial charge in [-0.1, -0.05) is 48.9 Å². The van der Waals surface area contributed by atoms with E-state index >= 15 is 0 Å². The first kappa shape index (κ1) is 36.7. The van der Waals surface area contributed by atoms with Crippen LogP contribution in [0.4, 0.5) is 11.4 Å². The molecular weight excluding hydrogens is 595 g/mol. The first-order valence-corrected chi connectivity index (χ1v) is 16.4. The number of nitrogens with zero attached hydrogens (tertiary/aromatic N) is 6. The minimum Gasteiger partial charge on any atom is -0.369 e. The van der Waals surface area contributed by atoms with Crippen molar-refractivity contribution in [2.24, 2.45) is 31.4 Å². The number of hydrogen-bond acceptors (Lipinski definition) is 2. The number of anilines is 2. The van der Waals surface area contributed by atoms with Crippen LogP contribution < -0.4 is 22.1 Å². The maximum Gasteiger partial charge on any atom is 0.223 e.